The Kier molecular flexibility index (Phi) is 4.92. The van der Waals surface area contributed by atoms with Crippen LogP contribution in [0.4, 0.5) is 0 Å². The molecule has 0 aliphatic carbocycles. The summed E-state index contributed by atoms with van der Waals surface area (Å²) in [5.41, 5.74) is 0.517. The number of Topliss-reactive ketones (excluding diaryl/α,β-unsaturated/α-hetero) is 1. The molecule has 88 valence electrons. The molecule has 0 bridgehead atoms. The van der Waals surface area contributed by atoms with Gasteiger partial charge >= 0.3 is 0 Å². The first-order valence-electron chi connectivity index (χ1n) is 5.34. The monoisotopic (exact) mass is 223 g/mol. The fraction of sp³-hybridized carbons (Fsp3) is 0.500. The van der Waals surface area contributed by atoms with Crippen molar-refractivity contribution in [1.82, 2.24) is 4.98 Å². The molecule has 1 atom stereocenters. The number of aromatic nitrogens is 1. The molecular weight excluding hydrogens is 206 g/mol. The van der Waals surface area contributed by atoms with E-state index in [4.69, 9.17) is 9.47 Å². The average molecular weight is 223 g/mol. The molecule has 0 aliphatic rings. The van der Waals surface area contributed by atoms with Crippen LogP contribution in [0.2, 0.25) is 0 Å². The number of rotatable bonds is 6. The van der Waals surface area contributed by atoms with Crippen LogP contribution in [-0.2, 0) is 4.74 Å². The van der Waals surface area contributed by atoms with Crippen LogP contribution in [0.15, 0.2) is 18.5 Å². The van der Waals surface area contributed by atoms with Crippen LogP contribution in [-0.4, -0.2) is 30.6 Å². The van der Waals surface area contributed by atoms with Gasteiger partial charge in [0, 0.05) is 18.9 Å². The largest absolute Gasteiger partial charge is 0.492 e. The van der Waals surface area contributed by atoms with E-state index in [9.17, 15) is 4.79 Å². The third-order valence-electron chi connectivity index (χ3n) is 2.19. The first kappa shape index (κ1) is 12.6. The highest BCUT2D eigenvalue weighted by atomic mass is 16.5. The fourth-order valence-electron chi connectivity index (χ4n) is 1.19. The first-order valence-corrected chi connectivity index (χ1v) is 5.34. The standard InChI is InChI=1S/C12H17NO3/c1-4-5-16-11-6-10(7-13-8-11)12(14)9(2)15-3/h6-9H,4-5H2,1-3H3. The Balaban J connectivity index is 2.77. The summed E-state index contributed by atoms with van der Waals surface area (Å²) in [7, 11) is 1.51. The highest BCUT2D eigenvalue weighted by molar-refractivity contribution is 5.99. The van der Waals surface area contributed by atoms with Gasteiger partial charge in [0.05, 0.1) is 12.8 Å². The molecule has 16 heavy (non-hydrogen) atoms. The minimum atomic E-state index is -0.455. The van der Waals surface area contributed by atoms with Crippen LogP contribution in [0.5, 0.6) is 5.75 Å². The fourth-order valence-corrected chi connectivity index (χ4v) is 1.19. The van der Waals surface area contributed by atoms with Crippen LogP contribution in [0, 0.1) is 0 Å². The second-order valence-corrected chi connectivity index (χ2v) is 3.50. The lowest BCUT2D eigenvalue weighted by atomic mass is 10.1. The predicted molar refractivity (Wildman–Crippen MR) is 60.8 cm³/mol. The van der Waals surface area contributed by atoms with Gasteiger partial charge in [-0.25, -0.2) is 0 Å². The number of methoxy groups -OCH3 is 1. The van der Waals surface area contributed by atoms with Gasteiger partial charge in [0.25, 0.3) is 0 Å². The summed E-state index contributed by atoms with van der Waals surface area (Å²) in [4.78, 5) is 15.8. The zero-order valence-corrected chi connectivity index (χ0v) is 9.90. The Morgan fingerprint density at radius 1 is 1.50 bits per heavy atom. The van der Waals surface area contributed by atoms with E-state index in [0.717, 1.165) is 6.42 Å². The number of hydrogen-bond acceptors (Lipinski definition) is 4. The number of pyridine rings is 1. The van der Waals surface area contributed by atoms with Gasteiger partial charge in [-0.2, -0.15) is 0 Å². The Morgan fingerprint density at radius 2 is 2.25 bits per heavy atom. The summed E-state index contributed by atoms with van der Waals surface area (Å²) in [6.45, 7) is 4.36. The Hall–Kier alpha value is -1.42. The Morgan fingerprint density at radius 3 is 2.88 bits per heavy atom. The maximum Gasteiger partial charge on any atom is 0.192 e. The van der Waals surface area contributed by atoms with Gasteiger partial charge in [-0.15, -0.1) is 0 Å². The molecular formula is C12H17NO3. The highest BCUT2D eigenvalue weighted by Crippen LogP contribution is 2.13. The van der Waals surface area contributed by atoms with E-state index in [0.29, 0.717) is 17.9 Å². The SMILES string of the molecule is CCCOc1cncc(C(=O)C(C)OC)c1. The van der Waals surface area contributed by atoms with Gasteiger partial charge in [0.2, 0.25) is 0 Å². The van der Waals surface area contributed by atoms with Crippen molar-refractivity contribution >= 4 is 5.78 Å². The first-order chi connectivity index (χ1) is 7.69. The molecule has 1 heterocycles. The second-order valence-electron chi connectivity index (χ2n) is 3.50. The molecule has 4 heteroatoms. The number of ether oxygens (including phenoxy) is 2. The van der Waals surface area contributed by atoms with Crippen molar-refractivity contribution < 1.29 is 14.3 Å². The van der Waals surface area contributed by atoms with Crippen molar-refractivity contribution in [1.29, 1.82) is 0 Å². The van der Waals surface area contributed by atoms with Crippen molar-refractivity contribution in [2.45, 2.75) is 26.4 Å². The predicted octanol–water partition coefficient (Wildman–Crippen LogP) is 2.09. The van der Waals surface area contributed by atoms with Crippen molar-refractivity contribution in [3.63, 3.8) is 0 Å². The Labute approximate surface area is 95.6 Å². The Bertz CT molecular complexity index is 352. The van der Waals surface area contributed by atoms with E-state index in [1.807, 2.05) is 6.92 Å². The summed E-state index contributed by atoms with van der Waals surface area (Å²) >= 11 is 0. The molecule has 0 amide bonds. The number of carbonyl (C=O) groups is 1. The van der Waals surface area contributed by atoms with Crippen molar-refractivity contribution in [2.24, 2.45) is 0 Å². The number of nitrogens with zero attached hydrogens (tertiary/aromatic N) is 1. The van der Waals surface area contributed by atoms with Gasteiger partial charge < -0.3 is 9.47 Å². The van der Waals surface area contributed by atoms with E-state index in [1.165, 1.54) is 13.3 Å². The van der Waals surface area contributed by atoms with Crippen LogP contribution < -0.4 is 4.74 Å². The van der Waals surface area contributed by atoms with Crippen molar-refractivity contribution in [2.75, 3.05) is 13.7 Å². The summed E-state index contributed by atoms with van der Waals surface area (Å²) < 4.78 is 10.4. The average Bonchev–Trinajstić information content (AvgIpc) is 2.34. The maximum absolute atomic E-state index is 11.8. The third-order valence-corrected chi connectivity index (χ3v) is 2.19. The zero-order chi connectivity index (χ0) is 12.0. The molecule has 4 nitrogen and oxygen atoms in total. The molecule has 0 aliphatic heterocycles. The van der Waals surface area contributed by atoms with Crippen LogP contribution >= 0.6 is 0 Å². The van der Waals surface area contributed by atoms with Gasteiger partial charge in [-0.05, 0) is 19.4 Å². The summed E-state index contributed by atoms with van der Waals surface area (Å²) in [6, 6.07) is 1.69. The van der Waals surface area contributed by atoms with Crippen molar-refractivity contribution in [3.05, 3.63) is 24.0 Å². The minimum absolute atomic E-state index is 0.0862. The van der Waals surface area contributed by atoms with Crippen molar-refractivity contribution in [3.8, 4) is 5.75 Å². The van der Waals surface area contributed by atoms with E-state index in [1.54, 1.807) is 19.2 Å². The number of ketones is 1. The zero-order valence-electron chi connectivity index (χ0n) is 9.90. The number of hydrogen-bond donors (Lipinski definition) is 0. The topological polar surface area (TPSA) is 48.4 Å². The van der Waals surface area contributed by atoms with Gasteiger partial charge in [-0.1, -0.05) is 6.92 Å². The molecule has 0 saturated heterocycles. The van der Waals surface area contributed by atoms with E-state index >= 15 is 0 Å². The lowest BCUT2D eigenvalue weighted by molar-refractivity contribution is 0.0655. The van der Waals surface area contributed by atoms with E-state index < -0.39 is 6.10 Å². The van der Waals surface area contributed by atoms with E-state index in [-0.39, 0.29) is 5.78 Å². The molecule has 0 radical (unpaired) electrons. The molecule has 1 aromatic rings. The molecule has 0 fully saturated rings. The molecule has 1 unspecified atom stereocenters. The molecule has 0 spiro atoms. The van der Waals surface area contributed by atoms with Gasteiger partial charge in [0.1, 0.15) is 11.9 Å². The molecule has 0 N–H and O–H groups in total. The molecule has 0 saturated carbocycles. The maximum atomic E-state index is 11.8. The quantitative estimate of drug-likeness (QED) is 0.693. The molecule has 0 aromatic carbocycles. The lowest BCUT2D eigenvalue weighted by Gasteiger charge is -2.09. The van der Waals surface area contributed by atoms with E-state index in [2.05, 4.69) is 4.98 Å². The molecule has 1 aromatic heterocycles. The van der Waals surface area contributed by atoms with Crippen LogP contribution in [0.25, 0.3) is 0 Å². The summed E-state index contributed by atoms with van der Waals surface area (Å²) in [5, 5.41) is 0. The summed E-state index contributed by atoms with van der Waals surface area (Å²) in [6.07, 6.45) is 3.59. The lowest BCUT2D eigenvalue weighted by Crippen LogP contribution is -2.19. The van der Waals surface area contributed by atoms with Gasteiger partial charge in [-0.3, -0.25) is 9.78 Å². The highest BCUT2D eigenvalue weighted by Gasteiger charge is 2.15. The molecule has 1 rings (SSSR count). The van der Waals surface area contributed by atoms with Crippen LogP contribution in [0.1, 0.15) is 30.6 Å². The normalized spacial score (nSPS) is 12.2. The minimum Gasteiger partial charge on any atom is -0.492 e. The second kappa shape index (κ2) is 6.23. The third kappa shape index (κ3) is 3.31. The number of carbonyl (C=O) groups excluding carboxylic acids is 1. The smallest absolute Gasteiger partial charge is 0.192 e. The van der Waals surface area contributed by atoms with Gasteiger partial charge in [0.15, 0.2) is 5.78 Å². The summed E-state index contributed by atoms with van der Waals surface area (Å²) in [5.74, 6) is 0.535. The van der Waals surface area contributed by atoms with Crippen LogP contribution in [0.3, 0.4) is 0 Å².